The van der Waals surface area contributed by atoms with E-state index in [1.807, 2.05) is 36.4 Å². The summed E-state index contributed by atoms with van der Waals surface area (Å²) in [6.07, 6.45) is 9.62. The minimum Gasteiger partial charge on any atom is -0.748 e. The van der Waals surface area contributed by atoms with E-state index in [4.69, 9.17) is 0 Å². The van der Waals surface area contributed by atoms with Crippen LogP contribution in [0.4, 0.5) is 11.4 Å². The van der Waals surface area contributed by atoms with E-state index in [2.05, 4.69) is 61.5 Å². The zero-order valence-corrected chi connectivity index (χ0v) is 28.6. The number of Topliss-reactive ketones (excluding diaryl/α,β-unsaturated/α-hetero) is 1. The molecular weight excluding hydrogens is 625 g/mol. The average molecular weight is 668 g/mol. The molecule has 3 aliphatic rings. The molecule has 46 heavy (non-hydrogen) atoms. The molecule has 0 N–H and O–H groups in total. The monoisotopic (exact) mass is 667 g/mol. The summed E-state index contributed by atoms with van der Waals surface area (Å²) in [5, 5.41) is 0. The maximum Gasteiger partial charge on any atom is 0.209 e. The average Bonchev–Trinajstić information content (AvgIpc) is 3.76. The Bertz CT molecular complexity index is 1830. The van der Waals surface area contributed by atoms with Gasteiger partial charge < -0.3 is 14.0 Å². The quantitative estimate of drug-likeness (QED) is 0.111. The van der Waals surface area contributed by atoms with Gasteiger partial charge in [-0.3, -0.25) is 4.79 Å². The van der Waals surface area contributed by atoms with Crippen molar-refractivity contribution in [2.75, 3.05) is 29.5 Å². The number of para-hydroxylation sites is 1. The van der Waals surface area contributed by atoms with Crippen LogP contribution in [0.25, 0.3) is 0 Å². The van der Waals surface area contributed by atoms with Gasteiger partial charge in [0.15, 0.2) is 11.5 Å². The van der Waals surface area contributed by atoms with Gasteiger partial charge in [0.2, 0.25) is 5.69 Å². The molecule has 2 aromatic rings. The van der Waals surface area contributed by atoms with Crippen LogP contribution in [0, 0.1) is 5.92 Å². The highest BCUT2D eigenvalue weighted by molar-refractivity contribution is 7.85. The highest BCUT2D eigenvalue weighted by atomic mass is 32.2. The van der Waals surface area contributed by atoms with Crippen molar-refractivity contribution in [1.82, 2.24) is 0 Å². The number of anilines is 1. The fraction of sp³-hybridized carbons (Fsp3) is 0.486. The molecule has 5 rings (SSSR count). The van der Waals surface area contributed by atoms with Gasteiger partial charge in [-0.25, -0.2) is 16.8 Å². The zero-order valence-electron chi connectivity index (χ0n) is 27.0. The minimum absolute atomic E-state index is 0.106. The largest absolute Gasteiger partial charge is 0.748 e. The number of hydrogen-bond acceptors (Lipinski definition) is 8. The normalized spacial score (nSPS) is 19.7. The van der Waals surface area contributed by atoms with E-state index in [-0.39, 0.29) is 35.7 Å². The van der Waals surface area contributed by atoms with Crippen molar-refractivity contribution in [2.45, 2.75) is 77.0 Å². The van der Waals surface area contributed by atoms with E-state index in [9.17, 15) is 30.7 Å². The van der Waals surface area contributed by atoms with E-state index in [0.717, 1.165) is 46.8 Å². The summed E-state index contributed by atoms with van der Waals surface area (Å²) < 4.78 is 69.5. The van der Waals surface area contributed by atoms with Gasteiger partial charge in [0, 0.05) is 70.5 Å². The first-order chi connectivity index (χ1) is 21.5. The summed E-state index contributed by atoms with van der Waals surface area (Å²) in [5.41, 5.74) is 6.21. The Balaban J connectivity index is 1.48. The molecule has 0 bridgehead atoms. The molecule has 0 saturated heterocycles. The second kappa shape index (κ2) is 12.8. The van der Waals surface area contributed by atoms with Gasteiger partial charge in [-0.15, -0.1) is 0 Å². The molecule has 2 heterocycles. The number of unbranched alkanes of at least 4 members (excludes halogenated alkanes) is 2. The third-order valence-electron chi connectivity index (χ3n) is 9.48. The van der Waals surface area contributed by atoms with Crippen LogP contribution < -0.4 is 4.90 Å². The summed E-state index contributed by atoms with van der Waals surface area (Å²) in [4.78, 5) is 15.1. The fourth-order valence-electron chi connectivity index (χ4n) is 6.86. The predicted molar refractivity (Wildman–Crippen MR) is 178 cm³/mol. The van der Waals surface area contributed by atoms with Gasteiger partial charge in [-0.1, -0.05) is 38.1 Å². The van der Waals surface area contributed by atoms with Gasteiger partial charge in [0.05, 0.1) is 25.7 Å². The number of allylic oxidation sites excluding steroid dienone is 4. The molecule has 1 saturated carbocycles. The van der Waals surface area contributed by atoms with Crippen molar-refractivity contribution in [1.29, 1.82) is 0 Å². The fourth-order valence-corrected chi connectivity index (χ4v) is 7.98. The molecule has 2 aromatic carbocycles. The number of ketones is 1. The van der Waals surface area contributed by atoms with Crippen molar-refractivity contribution in [3.63, 3.8) is 0 Å². The summed E-state index contributed by atoms with van der Waals surface area (Å²) in [5.74, 6) is -0.511. The smallest absolute Gasteiger partial charge is 0.209 e. The maximum absolute atomic E-state index is 13.0. The first kappa shape index (κ1) is 34.2. The summed E-state index contributed by atoms with van der Waals surface area (Å²) in [6.45, 7) is 9.64. The molecule has 0 amide bonds. The molecule has 1 aliphatic carbocycles. The molecule has 11 heteroatoms. The van der Waals surface area contributed by atoms with Crippen LogP contribution in [0.15, 0.2) is 66.4 Å². The number of carbonyl (C=O) groups is 1. The number of rotatable bonds is 14. The number of hydrogen-bond donors (Lipinski definition) is 0. The standard InChI is InChI=1S/C35H44N2O7S2/c1-34(2)27-12-5-6-13-29(27)36(20-7-9-22-45(39,40)41)31(34)14-11-15-32-35(3,4)28-24-26(33(38)25-16-17-25)18-19-30(28)37(32)21-8-10-23-46(42,43)44/h5-6,11-15,18-19,24-25H,7-10,16-17,20-23H2,1-4H3,(H-,39,40,41,42,43,44)/p-1. The number of carbonyl (C=O) groups excluding carboxylic acids is 1. The third-order valence-corrected chi connectivity index (χ3v) is 11.1. The van der Waals surface area contributed by atoms with Crippen LogP contribution in [0.5, 0.6) is 0 Å². The zero-order chi connectivity index (χ0) is 33.5. The van der Waals surface area contributed by atoms with Gasteiger partial charge in [-0.05, 0) is 75.8 Å². The van der Waals surface area contributed by atoms with Crippen molar-refractivity contribution in [2.24, 2.45) is 5.92 Å². The number of nitrogens with zero attached hydrogens (tertiary/aromatic N) is 2. The Hall–Kier alpha value is -3.12. The molecule has 0 atom stereocenters. The third kappa shape index (κ3) is 7.38. The van der Waals surface area contributed by atoms with E-state index in [1.54, 1.807) is 0 Å². The lowest BCUT2D eigenvalue weighted by atomic mass is 9.81. The molecule has 9 nitrogen and oxygen atoms in total. The van der Waals surface area contributed by atoms with Crippen molar-refractivity contribution < 1.29 is 35.3 Å². The van der Waals surface area contributed by atoms with Crippen molar-refractivity contribution >= 4 is 43.1 Å². The Morgan fingerprint density at radius 1 is 0.891 bits per heavy atom. The topological polar surface area (TPSA) is 138 Å². The van der Waals surface area contributed by atoms with Crippen LogP contribution in [-0.2, 0) is 31.1 Å². The Morgan fingerprint density at radius 2 is 1.54 bits per heavy atom. The predicted octanol–water partition coefficient (Wildman–Crippen LogP) is 5.54. The van der Waals surface area contributed by atoms with Crippen LogP contribution in [0.1, 0.15) is 87.7 Å². The molecule has 248 valence electrons. The molecule has 0 radical (unpaired) electrons. The Morgan fingerprint density at radius 3 is 2.20 bits per heavy atom. The molecule has 0 spiro atoms. The highest BCUT2D eigenvalue weighted by Gasteiger charge is 2.44. The molecule has 2 aliphatic heterocycles. The summed E-state index contributed by atoms with van der Waals surface area (Å²) >= 11 is 0. The second-order valence-corrected chi connectivity index (χ2v) is 16.7. The van der Waals surface area contributed by atoms with E-state index in [1.165, 1.54) is 0 Å². The highest BCUT2D eigenvalue weighted by Crippen LogP contribution is 2.49. The van der Waals surface area contributed by atoms with Crippen molar-refractivity contribution in [3.05, 3.63) is 83.1 Å². The lowest BCUT2D eigenvalue weighted by Crippen LogP contribution is -2.28. The van der Waals surface area contributed by atoms with Gasteiger partial charge >= 0.3 is 0 Å². The number of benzene rings is 2. The Kier molecular flexibility index (Phi) is 9.54. The lowest BCUT2D eigenvalue weighted by molar-refractivity contribution is -0.438. The molecule has 1 fully saturated rings. The molecular formula is C35H43N2O7S2-. The number of fused-ring (bicyclic) bond motifs is 2. The minimum atomic E-state index is -4.30. The summed E-state index contributed by atoms with van der Waals surface area (Å²) in [7, 11) is -8.57. The van der Waals surface area contributed by atoms with E-state index in [0.29, 0.717) is 31.5 Å². The van der Waals surface area contributed by atoms with Gasteiger partial charge in [0.25, 0.3) is 0 Å². The van der Waals surface area contributed by atoms with E-state index < -0.39 is 31.4 Å². The maximum atomic E-state index is 13.0. The van der Waals surface area contributed by atoms with Gasteiger partial charge in [-0.2, -0.15) is 4.58 Å². The second-order valence-electron chi connectivity index (χ2n) is 13.7. The van der Waals surface area contributed by atoms with Crippen LogP contribution in [0.3, 0.4) is 0 Å². The Labute approximate surface area is 273 Å². The first-order valence-electron chi connectivity index (χ1n) is 16.0. The van der Waals surface area contributed by atoms with Crippen LogP contribution >= 0.6 is 0 Å². The van der Waals surface area contributed by atoms with E-state index >= 15 is 0 Å². The summed E-state index contributed by atoms with van der Waals surface area (Å²) in [6, 6.07) is 14.0. The molecule has 0 aromatic heterocycles. The first-order valence-corrected chi connectivity index (χ1v) is 19.1. The lowest BCUT2D eigenvalue weighted by Gasteiger charge is -2.27. The van der Waals surface area contributed by atoms with Crippen LogP contribution in [0.2, 0.25) is 0 Å². The van der Waals surface area contributed by atoms with Crippen LogP contribution in [-0.4, -0.2) is 66.6 Å². The van der Waals surface area contributed by atoms with Crippen molar-refractivity contribution in [3.8, 4) is 0 Å². The SMILES string of the molecule is CC1(C)C(/C=C/C=C2/N(CCCCS(=O)(=O)[O-])c3ccc(C(=O)C4CC4)cc3C2(C)C)=[N+](CCCCS(=O)(=O)[O-])c2ccccc21. The van der Waals surface area contributed by atoms with Gasteiger partial charge in [0.1, 0.15) is 6.54 Å². The molecule has 0 unspecified atom stereocenters.